The highest BCUT2D eigenvalue weighted by Gasteiger charge is 2.21. The summed E-state index contributed by atoms with van der Waals surface area (Å²) in [4.78, 5) is 31.3. The number of carbonyl (C=O) groups excluding carboxylic acids is 1. The number of imidazole rings is 1. The Labute approximate surface area is 110 Å². The van der Waals surface area contributed by atoms with Crippen molar-refractivity contribution in [3.8, 4) is 0 Å². The van der Waals surface area contributed by atoms with E-state index in [1.54, 1.807) is 26.4 Å². The van der Waals surface area contributed by atoms with Gasteiger partial charge in [0, 0.05) is 18.7 Å². The van der Waals surface area contributed by atoms with Crippen molar-refractivity contribution < 1.29 is 14.7 Å². The van der Waals surface area contributed by atoms with Crippen molar-refractivity contribution in [3.63, 3.8) is 0 Å². The van der Waals surface area contributed by atoms with Gasteiger partial charge in [0.2, 0.25) is 5.91 Å². The van der Waals surface area contributed by atoms with Gasteiger partial charge in [0.05, 0.1) is 23.8 Å². The fraction of sp³-hybridized carbons (Fsp3) is 0.308. The third-order valence-corrected chi connectivity index (χ3v) is 3.02. The van der Waals surface area contributed by atoms with Gasteiger partial charge in [-0.1, -0.05) is 6.92 Å². The van der Waals surface area contributed by atoms with E-state index in [0.717, 1.165) is 11.0 Å². The number of carbonyl (C=O) groups is 2. The second-order valence-electron chi connectivity index (χ2n) is 4.50. The van der Waals surface area contributed by atoms with Gasteiger partial charge in [-0.3, -0.25) is 9.59 Å². The third kappa shape index (κ3) is 2.73. The maximum Gasteiger partial charge on any atom is 0.304 e. The Morgan fingerprint density at radius 3 is 2.89 bits per heavy atom. The Morgan fingerprint density at radius 2 is 2.21 bits per heavy atom. The van der Waals surface area contributed by atoms with E-state index >= 15 is 0 Å². The van der Waals surface area contributed by atoms with E-state index in [2.05, 4.69) is 9.97 Å². The van der Waals surface area contributed by atoms with Crippen molar-refractivity contribution in [1.29, 1.82) is 0 Å². The Hall–Kier alpha value is -2.37. The fourth-order valence-corrected chi connectivity index (χ4v) is 1.94. The number of hydrogen-bond acceptors (Lipinski definition) is 3. The molecule has 1 atom stereocenters. The number of benzene rings is 1. The van der Waals surface area contributed by atoms with E-state index in [4.69, 9.17) is 5.11 Å². The van der Waals surface area contributed by atoms with Crippen LogP contribution in [0.5, 0.6) is 0 Å². The molecule has 0 bridgehead atoms. The lowest BCUT2D eigenvalue weighted by molar-refractivity contribution is -0.140. The number of rotatable bonds is 4. The Kier molecular flexibility index (Phi) is 3.50. The summed E-state index contributed by atoms with van der Waals surface area (Å²) in [5.74, 6) is -1.75. The summed E-state index contributed by atoms with van der Waals surface area (Å²) < 4.78 is 0. The number of aliphatic carboxylic acids is 1. The van der Waals surface area contributed by atoms with E-state index in [0.29, 0.717) is 5.69 Å². The molecule has 0 aliphatic rings. The molecule has 1 heterocycles. The second kappa shape index (κ2) is 5.09. The molecule has 1 unspecified atom stereocenters. The molecule has 1 aromatic heterocycles. The zero-order valence-electron chi connectivity index (χ0n) is 10.8. The maximum absolute atomic E-state index is 12.1. The minimum atomic E-state index is -0.974. The SMILES string of the molecule is CC(CC(=O)O)C(=O)N(C)c1ccc2nc[nH]c2c1. The van der Waals surface area contributed by atoms with Crippen LogP contribution in [-0.2, 0) is 9.59 Å². The number of carboxylic acid groups (broad SMARTS) is 1. The first-order valence-electron chi connectivity index (χ1n) is 5.91. The number of carboxylic acids is 1. The van der Waals surface area contributed by atoms with Crippen molar-refractivity contribution in [2.24, 2.45) is 5.92 Å². The third-order valence-electron chi connectivity index (χ3n) is 3.02. The van der Waals surface area contributed by atoms with Crippen molar-refractivity contribution >= 4 is 28.6 Å². The number of aromatic amines is 1. The molecule has 0 aliphatic carbocycles. The smallest absolute Gasteiger partial charge is 0.304 e. The van der Waals surface area contributed by atoms with Crippen LogP contribution >= 0.6 is 0 Å². The molecule has 0 fully saturated rings. The number of anilines is 1. The number of aromatic nitrogens is 2. The van der Waals surface area contributed by atoms with Gasteiger partial charge in [-0.05, 0) is 18.2 Å². The normalized spacial score (nSPS) is 12.3. The van der Waals surface area contributed by atoms with Gasteiger partial charge in [-0.15, -0.1) is 0 Å². The summed E-state index contributed by atoms with van der Waals surface area (Å²) >= 11 is 0. The lowest BCUT2D eigenvalue weighted by Gasteiger charge is -2.20. The topological polar surface area (TPSA) is 86.3 Å². The molecule has 1 aromatic carbocycles. The average Bonchev–Trinajstić information content (AvgIpc) is 2.83. The lowest BCUT2D eigenvalue weighted by atomic mass is 10.1. The van der Waals surface area contributed by atoms with Gasteiger partial charge in [0.1, 0.15) is 0 Å². The molecule has 2 N–H and O–H groups in total. The molecule has 6 nitrogen and oxygen atoms in total. The highest BCUT2D eigenvalue weighted by molar-refractivity contribution is 5.97. The highest BCUT2D eigenvalue weighted by Crippen LogP contribution is 2.20. The van der Waals surface area contributed by atoms with Gasteiger partial charge in [-0.25, -0.2) is 4.98 Å². The van der Waals surface area contributed by atoms with Crippen LogP contribution in [0.15, 0.2) is 24.5 Å². The van der Waals surface area contributed by atoms with Crippen LogP contribution in [0.3, 0.4) is 0 Å². The number of hydrogen-bond donors (Lipinski definition) is 2. The molecular weight excluding hydrogens is 246 g/mol. The molecule has 0 saturated carbocycles. The number of nitrogens with one attached hydrogen (secondary N) is 1. The van der Waals surface area contributed by atoms with Crippen LogP contribution in [0.1, 0.15) is 13.3 Å². The molecule has 0 spiro atoms. The molecule has 0 radical (unpaired) electrons. The summed E-state index contributed by atoms with van der Waals surface area (Å²) in [6, 6.07) is 5.41. The average molecular weight is 261 g/mol. The second-order valence-corrected chi connectivity index (χ2v) is 4.50. The molecule has 0 saturated heterocycles. The van der Waals surface area contributed by atoms with Gasteiger partial charge in [0.25, 0.3) is 0 Å². The van der Waals surface area contributed by atoms with E-state index < -0.39 is 11.9 Å². The Morgan fingerprint density at radius 1 is 1.47 bits per heavy atom. The summed E-state index contributed by atoms with van der Waals surface area (Å²) in [5, 5.41) is 8.71. The van der Waals surface area contributed by atoms with Crippen LogP contribution in [0, 0.1) is 5.92 Å². The van der Waals surface area contributed by atoms with Gasteiger partial charge >= 0.3 is 5.97 Å². The maximum atomic E-state index is 12.1. The molecule has 6 heteroatoms. The summed E-state index contributed by atoms with van der Waals surface area (Å²) in [5.41, 5.74) is 2.37. The van der Waals surface area contributed by atoms with E-state index in [-0.39, 0.29) is 12.3 Å². The number of amides is 1. The van der Waals surface area contributed by atoms with Crippen molar-refractivity contribution in [1.82, 2.24) is 9.97 Å². The van der Waals surface area contributed by atoms with Crippen LogP contribution in [-0.4, -0.2) is 34.0 Å². The summed E-state index contributed by atoms with van der Waals surface area (Å²) in [6.45, 7) is 1.61. The standard InChI is InChI=1S/C13H15N3O3/c1-8(5-12(17)18)13(19)16(2)9-3-4-10-11(6-9)15-7-14-10/h3-4,6-8H,5H2,1-2H3,(H,14,15)(H,17,18). The van der Waals surface area contributed by atoms with Crippen molar-refractivity contribution in [2.45, 2.75) is 13.3 Å². The van der Waals surface area contributed by atoms with Crippen LogP contribution < -0.4 is 4.90 Å². The van der Waals surface area contributed by atoms with Gasteiger partial charge in [0.15, 0.2) is 0 Å². The van der Waals surface area contributed by atoms with E-state index in [1.807, 2.05) is 12.1 Å². The van der Waals surface area contributed by atoms with Crippen LogP contribution in [0.4, 0.5) is 5.69 Å². The Balaban J connectivity index is 2.20. The predicted molar refractivity (Wildman–Crippen MR) is 70.9 cm³/mol. The Bertz CT molecular complexity index is 620. The fourth-order valence-electron chi connectivity index (χ4n) is 1.94. The first-order valence-corrected chi connectivity index (χ1v) is 5.91. The van der Waals surface area contributed by atoms with Gasteiger partial charge < -0.3 is 15.0 Å². The van der Waals surface area contributed by atoms with Crippen LogP contribution in [0.25, 0.3) is 11.0 Å². The van der Waals surface area contributed by atoms with Crippen molar-refractivity contribution in [2.75, 3.05) is 11.9 Å². The highest BCUT2D eigenvalue weighted by atomic mass is 16.4. The van der Waals surface area contributed by atoms with Gasteiger partial charge in [-0.2, -0.15) is 0 Å². The summed E-state index contributed by atoms with van der Waals surface area (Å²) in [6.07, 6.45) is 1.42. The first kappa shape index (κ1) is 13.1. The molecule has 2 rings (SSSR count). The zero-order chi connectivity index (χ0) is 14.0. The molecule has 2 aromatic rings. The van der Waals surface area contributed by atoms with Crippen LogP contribution in [0.2, 0.25) is 0 Å². The quantitative estimate of drug-likeness (QED) is 0.875. The molecular formula is C13H15N3O3. The molecule has 100 valence electrons. The number of fused-ring (bicyclic) bond motifs is 1. The molecule has 0 aliphatic heterocycles. The minimum Gasteiger partial charge on any atom is -0.481 e. The monoisotopic (exact) mass is 261 g/mol. The van der Waals surface area contributed by atoms with E-state index in [9.17, 15) is 9.59 Å². The largest absolute Gasteiger partial charge is 0.481 e. The first-order chi connectivity index (χ1) is 8.99. The van der Waals surface area contributed by atoms with Crippen molar-refractivity contribution in [3.05, 3.63) is 24.5 Å². The molecule has 19 heavy (non-hydrogen) atoms. The molecule has 1 amide bonds. The zero-order valence-corrected chi connectivity index (χ0v) is 10.8. The lowest BCUT2D eigenvalue weighted by Crippen LogP contribution is -2.32. The number of H-pyrrole nitrogens is 1. The summed E-state index contributed by atoms with van der Waals surface area (Å²) in [7, 11) is 1.64. The predicted octanol–water partition coefficient (Wildman–Crippen LogP) is 1.64. The minimum absolute atomic E-state index is 0.171. The number of nitrogens with zero attached hydrogens (tertiary/aromatic N) is 2. The van der Waals surface area contributed by atoms with E-state index in [1.165, 1.54) is 4.90 Å².